The Morgan fingerprint density at radius 3 is 2.73 bits per heavy atom. The first-order valence-electron chi connectivity index (χ1n) is 4.90. The van der Waals surface area contributed by atoms with Gasteiger partial charge in [0.25, 0.3) is 0 Å². The zero-order valence-electron chi connectivity index (χ0n) is 9.06. The number of hydroxylamine groups is 1. The first kappa shape index (κ1) is 12.0. The highest BCUT2D eigenvalue weighted by Crippen LogP contribution is 2.22. The molecule has 84 valence electrons. The third kappa shape index (κ3) is 3.87. The summed E-state index contributed by atoms with van der Waals surface area (Å²) < 4.78 is 4.84. The summed E-state index contributed by atoms with van der Waals surface area (Å²) in [5.74, 6) is 0.271. The van der Waals surface area contributed by atoms with Gasteiger partial charge in [0.1, 0.15) is 5.75 Å². The van der Waals surface area contributed by atoms with Gasteiger partial charge < -0.3 is 9.84 Å². The molecule has 4 nitrogen and oxygen atoms in total. The minimum atomic E-state index is -0.0527. The quantitative estimate of drug-likeness (QED) is 0.554. The van der Waals surface area contributed by atoms with Crippen LogP contribution in [-0.4, -0.2) is 25.4 Å². The average molecular weight is 211 g/mol. The molecule has 1 unspecified atom stereocenters. The molecule has 0 aliphatic heterocycles. The van der Waals surface area contributed by atoms with Crippen LogP contribution in [0.3, 0.4) is 0 Å². The van der Waals surface area contributed by atoms with Crippen LogP contribution in [-0.2, 0) is 9.57 Å². The number of methoxy groups -OCH3 is 1. The van der Waals surface area contributed by atoms with Gasteiger partial charge in [-0.1, -0.05) is 18.2 Å². The third-order valence-corrected chi connectivity index (χ3v) is 2.05. The minimum absolute atomic E-state index is 0.0527. The van der Waals surface area contributed by atoms with E-state index in [9.17, 15) is 5.11 Å². The summed E-state index contributed by atoms with van der Waals surface area (Å²) in [5.41, 5.74) is 3.65. The van der Waals surface area contributed by atoms with Gasteiger partial charge in [0, 0.05) is 12.7 Å². The van der Waals surface area contributed by atoms with Crippen molar-refractivity contribution in [2.45, 2.75) is 13.0 Å². The van der Waals surface area contributed by atoms with E-state index in [0.717, 1.165) is 5.56 Å². The van der Waals surface area contributed by atoms with Crippen LogP contribution in [0.4, 0.5) is 0 Å². The van der Waals surface area contributed by atoms with E-state index >= 15 is 0 Å². The van der Waals surface area contributed by atoms with Gasteiger partial charge in [0.15, 0.2) is 0 Å². The van der Waals surface area contributed by atoms with Gasteiger partial charge in [-0.3, -0.25) is 4.84 Å². The van der Waals surface area contributed by atoms with Gasteiger partial charge in [0.2, 0.25) is 0 Å². The van der Waals surface area contributed by atoms with Crippen LogP contribution in [0.25, 0.3) is 0 Å². The summed E-state index contributed by atoms with van der Waals surface area (Å²) in [6.07, 6.45) is 0. The Morgan fingerprint density at radius 1 is 1.33 bits per heavy atom. The van der Waals surface area contributed by atoms with Crippen molar-refractivity contribution in [2.75, 3.05) is 20.3 Å². The molecule has 0 aromatic heterocycles. The van der Waals surface area contributed by atoms with E-state index in [4.69, 9.17) is 9.57 Å². The molecule has 15 heavy (non-hydrogen) atoms. The summed E-state index contributed by atoms with van der Waals surface area (Å²) in [4.78, 5) is 5.16. The standard InChI is InChI=1S/C11H17NO3/c1-9(12-15-8-7-14-2)10-5-3-4-6-11(10)13/h3-6,9,12-13H,7-8H2,1-2H3. The lowest BCUT2D eigenvalue weighted by atomic mass is 10.1. The Hall–Kier alpha value is -1.10. The number of nitrogens with one attached hydrogen (secondary N) is 1. The van der Waals surface area contributed by atoms with Crippen LogP contribution in [0.15, 0.2) is 24.3 Å². The average Bonchev–Trinajstić information content (AvgIpc) is 2.25. The molecule has 0 amide bonds. The minimum Gasteiger partial charge on any atom is -0.508 e. The zero-order chi connectivity index (χ0) is 11.1. The van der Waals surface area contributed by atoms with Crippen molar-refractivity contribution in [3.8, 4) is 5.75 Å². The van der Waals surface area contributed by atoms with E-state index < -0.39 is 0 Å². The molecule has 0 radical (unpaired) electrons. The van der Waals surface area contributed by atoms with Crippen LogP contribution in [0.2, 0.25) is 0 Å². The molecule has 0 bridgehead atoms. The summed E-state index contributed by atoms with van der Waals surface area (Å²) in [6, 6.07) is 7.12. The summed E-state index contributed by atoms with van der Waals surface area (Å²) in [5, 5.41) is 9.56. The van der Waals surface area contributed by atoms with Gasteiger partial charge in [-0.15, -0.1) is 0 Å². The molecule has 0 saturated heterocycles. The Bertz CT molecular complexity index is 291. The number of rotatable bonds is 6. The number of aromatic hydroxyl groups is 1. The number of hydrogen-bond donors (Lipinski definition) is 2. The second kappa shape index (κ2) is 6.40. The lowest BCUT2D eigenvalue weighted by molar-refractivity contribution is -0.00956. The molecular weight excluding hydrogens is 194 g/mol. The normalized spacial score (nSPS) is 12.7. The SMILES string of the molecule is COCCONC(C)c1ccccc1O. The van der Waals surface area contributed by atoms with Crippen LogP contribution in [0.1, 0.15) is 18.5 Å². The molecular formula is C11H17NO3. The summed E-state index contributed by atoms with van der Waals surface area (Å²) >= 11 is 0. The fourth-order valence-corrected chi connectivity index (χ4v) is 1.23. The van der Waals surface area contributed by atoms with Gasteiger partial charge in [0.05, 0.1) is 19.3 Å². The lowest BCUT2D eigenvalue weighted by Crippen LogP contribution is -2.21. The topological polar surface area (TPSA) is 50.7 Å². The van der Waals surface area contributed by atoms with Crippen molar-refractivity contribution in [1.29, 1.82) is 0 Å². The maximum atomic E-state index is 9.56. The van der Waals surface area contributed by atoms with E-state index in [-0.39, 0.29) is 11.8 Å². The zero-order valence-corrected chi connectivity index (χ0v) is 9.06. The molecule has 0 fully saturated rings. The fraction of sp³-hybridized carbons (Fsp3) is 0.455. The molecule has 0 heterocycles. The molecule has 1 aromatic carbocycles. The number of phenols is 1. The molecule has 0 saturated carbocycles. The van der Waals surface area contributed by atoms with E-state index in [1.807, 2.05) is 19.1 Å². The van der Waals surface area contributed by atoms with E-state index in [1.165, 1.54) is 0 Å². The molecule has 1 rings (SSSR count). The van der Waals surface area contributed by atoms with E-state index in [0.29, 0.717) is 13.2 Å². The van der Waals surface area contributed by atoms with E-state index in [2.05, 4.69) is 5.48 Å². The molecule has 4 heteroatoms. The molecule has 1 atom stereocenters. The molecule has 1 aromatic rings. The van der Waals surface area contributed by atoms with E-state index in [1.54, 1.807) is 19.2 Å². The molecule has 0 spiro atoms. The van der Waals surface area contributed by atoms with Crippen molar-refractivity contribution in [2.24, 2.45) is 0 Å². The molecule has 0 aliphatic carbocycles. The van der Waals surface area contributed by atoms with Crippen molar-refractivity contribution in [3.05, 3.63) is 29.8 Å². The summed E-state index contributed by atoms with van der Waals surface area (Å²) in [7, 11) is 1.62. The highest BCUT2D eigenvalue weighted by atomic mass is 16.7. The highest BCUT2D eigenvalue weighted by molar-refractivity contribution is 5.33. The predicted octanol–water partition coefficient (Wildman–Crippen LogP) is 1.62. The molecule has 2 N–H and O–H groups in total. The van der Waals surface area contributed by atoms with Crippen LogP contribution < -0.4 is 5.48 Å². The van der Waals surface area contributed by atoms with Gasteiger partial charge in [-0.25, -0.2) is 0 Å². The Kier molecular flexibility index (Phi) is 5.10. The maximum absolute atomic E-state index is 9.56. The first-order chi connectivity index (χ1) is 7.25. The monoisotopic (exact) mass is 211 g/mol. The number of phenolic OH excluding ortho intramolecular Hbond substituents is 1. The number of ether oxygens (including phenoxy) is 1. The van der Waals surface area contributed by atoms with Gasteiger partial charge >= 0.3 is 0 Å². The second-order valence-electron chi connectivity index (χ2n) is 3.24. The highest BCUT2D eigenvalue weighted by Gasteiger charge is 2.08. The maximum Gasteiger partial charge on any atom is 0.120 e. The fourth-order valence-electron chi connectivity index (χ4n) is 1.23. The Labute approximate surface area is 89.8 Å². The van der Waals surface area contributed by atoms with Crippen molar-refractivity contribution in [1.82, 2.24) is 5.48 Å². The smallest absolute Gasteiger partial charge is 0.120 e. The van der Waals surface area contributed by atoms with Crippen LogP contribution in [0, 0.1) is 0 Å². The number of benzene rings is 1. The molecule has 0 aliphatic rings. The first-order valence-corrected chi connectivity index (χ1v) is 4.90. The lowest BCUT2D eigenvalue weighted by Gasteiger charge is -2.14. The van der Waals surface area contributed by atoms with Gasteiger partial charge in [-0.05, 0) is 13.0 Å². The second-order valence-corrected chi connectivity index (χ2v) is 3.24. The summed E-state index contributed by atoms with van der Waals surface area (Å²) in [6.45, 7) is 2.94. The Balaban J connectivity index is 2.40. The van der Waals surface area contributed by atoms with Crippen molar-refractivity contribution in [3.63, 3.8) is 0 Å². The van der Waals surface area contributed by atoms with Crippen molar-refractivity contribution >= 4 is 0 Å². The Morgan fingerprint density at radius 2 is 2.07 bits per heavy atom. The predicted molar refractivity (Wildman–Crippen MR) is 57.5 cm³/mol. The number of para-hydroxylation sites is 1. The van der Waals surface area contributed by atoms with Gasteiger partial charge in [-0.2, -0.15) is 5.48 Å². The van der Waals surface area contributed by atoms with Crippen LogP contribution in [0.5, 0.6) is 5.75 Å². The third-order valence-electron chi connectivity index (χ3n) is 2.05. The largest absolute Gasteiger partial charge is 0.508 e. The number of hydrogen-bond acceptors (Lipinski definition) is 4. The van der Waals surface area contributed by atoms with Crippen molar-refractivity contribution < 1.29 is 14.7 Å². The van der Waals surface area contributed by atoms with Crippen LogP contribution >= 0.6 is 0 Å².